The zero-order chi connectivity index (χ0) is 16.0. The number of ether oxygens (including phenoxy) is 1. The molecule has 0 N–H and O–H groups in total. The maximum absolute atomic E-state index is 12.0. The van der Waals surface area contributed by atoms with E-state index in [1.54, 1.807) is 6.21 Å². The highest BCUT2D eigenvalue weighted by Crippen LogP contribution is 2.12. The van der Waals surface area contributed by atoms with E-state index < -0.39 is 0 Å². The van der Waals surface area contributed by atoms with E-state index in [1.165, 1.54) is 25.7 Å². The van der Waals surface area contributed by atoms with Gasteiger partial charge in [0.1, 0.15) is 6.04 Å². The van der Waals surface area contributed by atoms with Crippen molar-refractivity contribution in [3.8, 4) is 0 Å². The molecule has 1 unspecified atom stereocenters. The topological polar surface area (TPSA) is 38.7 Å². The number of benzene rings is 1. The van der Waals surface area contributed by atoms with Crippen LogP contribution in [0.2, 0.25) is 0 Å². The van der Waals surface area contributed by atoms with Crippen molar-refractivity contribution in [3.63, 3.8) is 0 Å². The van der Waals surface area contributed by atoms with Crippen molar-refractivity contribution < 1.29 is 9.53 Å². The molecule has 0 aliphatic rings. The Kier molecular flexibility index (Phi) is 10.0. The van der Waals surface area contributed by atoms with Crippen molar-refractivity contribution in [3.05, 3.63) is 35.9 Å². The van der Waals surface area contributed by atoms with Crippen molar-refractivity contribution in [2.75, 3.05) is 6.61 Å². The zero-order valence-corrected chi connectivity index (χ0v) is 14.0. The summed E-state index contributed by atoms with van der Waals surface area (Å²) >= 11 is 0. The first kappa shape index (κ1) is 18.4. The number of nitrogens with zero attached hydrogens (tertiary/aromatic N) is 1. The Balaban J connectivity index is 2.46. The summed E-state index contributed by atoms with van der Waals surface area (Å²) in [6.45, 7) is 4.46. The lowest BCUT2D eigenvalue weighted by atomic mass is 10.1. The lowest BCUT2D eigenvalue weighted by molar-refractivity contribution is -0.144. The van der Waals surface area contributed by atoms with E-state index in [0.29, 0.717) is 6.61 Å². The third kappa shape index (κ3) is 7.96. The fourth-order valence-corrected chi connectivity index (χ4v) is 2.32. The first-order chi connectivity index (χ1) is 10.8. The van der Waals surface area contributed by atoms with Gasteiger partial charge in [0.05, 0.1) is 6.61 Å². The Bertz CT molecular complexity index is 428. The second kappa shape index (κ2) is 12.0. The second-order valence-corrected chi connectivity index (χ2v) is 5.51. The van der Waals surface area contributed by atoms with E-state index in [9.17, 15) is 4.79 Å². The van der Waals surface area contributed by atoms with E-state index in [0.717, 1.165) is 24.8 Å². The number of carbonyl (C=O) groups is 1. The molecule has 0 aliphatic carbocycles. The molecule has 122 valence electrons. The van der Waals surface area contributed by atoms with Gasteiger partial charge in [-0.15, -0.1) is 0 Å². The van der Waals surface area contributed by atoms with Crippen molar-refractivity contribution in [1.29, 1.82) is 0 Å². The molecule has 22 heavy (non-hydrogen) atoms. The van der Waals surface area contributed by atoms with E-state index in [4.69, 9.17) is 4.74 Å². The molecule has 0 heterocycles. The minimum absolute atomic E-state index is 0.205. The van der Waals surface area contributed by atoms with Crippen LogP contribution in [-0.4, -0.2) is 24.8 Å². The number of esters is 1. The Morgan fingerprint density at radius 3 is 2.45 bits per heavy atom. The smallest absolute Gasteiger partial charge is 0.330 e. The molecule has 1 aromatic carbocycles. The summed E-state index contributed by atoms with van der Waals surface area (Å²) in [5.41, 5.74) is 1.01. The van der Waals surface area contributed by atoms with Crippen molar-refractivity contribution in [2.24, 2.45) is 4.99 Å². The van der Waals surface area contributed by atoms with E-state index in [-0.39, 0.29) is 12.0 Å². The van der Waals surface area contributed by atoms with Gasteiger partial charge in [0.25, 0.3) is 0 Å². The maximum atomic E-state index is 12.0. The average Bonchev–Trinajstić information content (AvgIpc) is 2.54. The normalized spacial score (nSPS) is 12.5. The van der Waals surface area contributed by atoms with Gasteiger partial charge in [-0.25, -0.2) is 4.79 Å². The quantitative estimate of drug-likeness (QED) is 0.335. The zero-order valence-electron chi connectivity index (χ0n) is 14.0. The molecular weight excluding hydrogens is 274 g/mol. The predicted molar refractivity (Wildman–Crippen MR) is 92.5 cm³/mol. The maximum Gasteiger partial charge on any atom is 0.330 e. The molecule has 0 aromatic heterocycles. The molecule has 0 saturated heterocycles. The highest BCUT2D eigenvalue weighted by molar-refractivity contribution is 5.83. The Hall–Kier alpha value is -1.64. The molecule has 0 fully saturated rings. The molecule has 0 bridgehead atoms. The Labute approximate surface area is 134 Å². The minimum atomic E-state index is -0.369. The summed E-state index contributed by atoms with van der Waals surface area (Å²) in [6, 6.07) is 9.50. The Morgan fingerprint density at radius 2 is 1.77 bits per heavy atom. The fourth-order valence-electron chi connectivity index (χ4n) is 2.32. The fraction of sp³-hybridized carbons (Fsp3) is 0.579. The molecule has 0 radical (unpaired) electrons. The molecule has 1 atom stereocenters. The monoisotopic (exact) mass is 303 g/mol. The van der Waals surface area contributed by atoms with Gasteiger partial charge in [-0.2, -0.15) is 0 Å². The number of aliphatic imine (C=N–C) groups is 1. The molecule has 1 aromatic rings. The molecular formula is C19H29NO2. The molecule has 1 rings (SSSR count). The third-order valence-electron chi connectivity index (χ3n) is 3.59. The van der Waals surface area contributed by atoms with Crippen LogP contribution in [-0.2, 0) is 9.53 Å². The average molecular weight is 303 g/mol. The van der Waals surface area contributed by atoms with Crippen LogP contribution in [0.15, 0.2) is 35.3 Å². The van der Waals surface area contributed by atoms with Gasteiger partial charge in [-0.1, -0.05) is 75.8 Å². The van der Waals surface area contributed by atoms with Crippen LogP contribution >= 0.6 is 0 Å². The number of carbonyl (C=O) groups excluding carboxylic acids is 1. The SMILES string of the molecule is CCCCCCCCC(N=Cc1ccccc1)C(=O)OCC. The van der Waals surface area contributed by atoms with Gasteiger partial charge in [-0.3, -0.25) is 4.99 Å². The first-order valence-electron chi connectivity index (χ1n) is 8.52. The number of hydrogen-bond donors (Lipinski definition) is 0. The largest absolute Gasteiger partial charge is 0.464 e. The van der Waals surface area contributed by atoms with Crippen LogP contribution in [0.4, 0.5) is 0 Å². The molecule has 3 nitrogen and oxygen atoms in total. The Morgan fingerprint density at radius 1 is 1.09 bits per heavy atom. The van der Waals surface area contributed by atoms with Gasteiger partial charge in [-0.05, 0) is 18.9 Å². The predicted octanol–water partition coefficient (Wildman–Crippen LogP) is 4.79. The number of rotatable bonds is 11. The van der Waals surface area contributed by atoms with Crippen LogP contribution in [0, 0.1) is 0 Å². The van der Waals surface area contributed by atoms with E-state index >= 15 is 0 Å². The van der Waals surface area contributed by atoms with Crippen LogP contribution < -0.4 is 0 Å². The summed E-state index contributed by atoms with van der Waals surface area (Å²) in [5, 5.41) is 0. The van der Waals surface area contributed by atoms with Crippen LogP contribution in [0.5, 0.6) is 0 Å². The van der Waals surface area contributed by atoms with E-state index in [1.807, 2.05) is 37.3 Å². The summed E-state index contributed by atoms with van der Waals surface area (Å²) in [5.74, 6) is -0.205. The van der Waals surface area contributed by atoms with Crippen molar-refractivity contribution in [1.82, 2.24) is 0 Å². The standard InChI is InChI=1S/C19H29NO2/c1-3-5-6-7-8-12-15-18(19(21)22-4-2)20-16-17-13-10-9-11-14-17/h9-11,13-14,16,18H,3-8,12,15H2,1-2H3. The highest BCUT2D eigenvalue weighted by atomic mass is 16.5. The third-order valence-corrected chi connectivity index (χ3v) is 3.59. The lowest BCUT2D eigenvalue weighted by Crippen LogP contribution is -2.21. The lowest BCUT2D eigenvalue weighted by Gasteiger charge is -2.11. The van der Waals surface area contributed by atoms with Crippen molar-refractivity contribution >= 4 is 12.2 Å². The molecule has 0 saturated carbocycles. The minimum Gasteiger partial charge on any atom is -0.464 e. The van der Waals surface area contributed by atoms with Gasteiger partial charge >= 0.3 is 5.97 Å². The van der Waals surface area contributed by atoms with Crippen LogP contribution in [0.25, 0.3) is 0 Å². The van der Waals surface area contributed by atoms with Gasteiger partial charge in [0.15, 0.2) is 0 Å². The van der Waals surface area contributed by atoms with Gasteiger partial charge in [0, 0.05) is 6.21 Å². The molecule has 0 aliphatic heterocycles. The summed E-state index contributed by atoms with van der Waals surface area (Å²) < 4.78 is 5.14. The highest BCUT2D eigenvalue weighted by Gasteiger charge is 2.17. The number of unbranched alkanes of at least 4 members (excludes halogenated alkanes) is 5. The van der Waals surface area contributed by atoms with Crippen LogP contribution in [0.3, 0.4) is 0 Å². The van der Waals surface area contributed by atoms with Crippen molar-refractivity contribution in [2.45, 2.75) is 64.8 Å². The first-order valence-corrected chi connectivity index (χ1v) is 8.52. The van der Waals surface area contributed by atoms with Gasteiger partial charge in [0.2, 0.25) is 0 Å². The molecule has 0 spiro atoms. The summed E-state index contributed by atoms with van der Waals surface area (Å²) in [7, 11) is 0. The number of hydrogen-bond acceptors (Lipinski definition) is 3. The van der Waals surface area contributed by atoms with E-state index in [2.05, 4.69) is 11.9 Å². The molecule has 0 amide bonds. The second-order valence-electron chi connectivity index (χ2n) is 5.51. The molecule has 3 heteroatoms. The summed E-state index contributed by atoms with van der Waals surface area (Å²) in [6.07, 6.45) is 9.82. The van der Waals surface area contributed by atoms with Gasteiger partial charge < -0.3 is 4.74 Å². The summed E-state index contributed by atoms with van der Waals surface area (Å²) in [4.78, 5) is 16.4. The van der Waals surface area contributed by atoms with Crippen LogP contribution in [0.1, 0.15) is 64.4 Å².